The molecule has 0 radical (unpaired) electrons. The Bertz CT molecular complexity index is 386. The molecular formula is C12H20ClN3O2. The summed E-state index contributed by atoms with van der Waals surface area (Å²) < 4.78 is 5.16. The first-order valence-electron chi connectivity index (χ1n) is 6.02. The van der Waals surface area contributed by atoms with Gasteiger partial charge in [-0.15, -0.1) is 0 Å². The van der Waals surface area contributed by atoms with E-state index in [-0.39, 0.29) is 12.5 Å². The van der Waals surface area contributed by atoms with Gasteiger partial charge in [0.05, 0.1) is 19.8 Å². The summed E-state index contributed by atoms with van der Waals surface area (Å²) in [5.41, 5.74) is 0.836. The third-order valence-corrected chi connectivity index (χ3v) is 2.76. The summed E-state index contributed by atoms with van der Waals surface area (Å²) >= 11 is 6.07. The summed E-state index contributed by atoms with van der Waals surface area (Å²) in [7, 11) is 0. The zero-order valence-corrected chi connectivity index (χ0v) is 11.8. The molecule has 0 aromatic carbocycles. The maximum Gasteiger partial charge on any atom is 0.137 e. The van der Waals surface area contributed by atoms with E-state index in [0.717, 1.165) is 17.2 Å². The minimum atomic E-state index is 0.0376. The van der Waals surface area contributed by atoms with Gasteiger partial charge in [0.2, 0.25) is 0 Å². The van der Waals surface area contributed by atoms with Crippen LogP contribution in [0.3, 0.4) is 0 Å². The molecule has 0 saturated heterocycles. The monoisotopic (exact) mass is 273 g/mol. The maximum atomic E-state index is 8.58. The summed E-state index contributed by atoms with van der Waals surface area (Å²) in [6.45, 7) is 7.44. The molecule has 0 aliphatic rings. The highest BCUT2D eigenvalue weighted by Crippen LogP contribution is 2.22. The van der Waals surface area contributed by atoms with E-state index in [1.54, 1.807) is 0 Å². The van der Waals surface area contributed by atoms with E-state index < -0.39 is 0 Å². The van der Waals surface area contributed by atoms with Gasteiger partial charge in [-0.2, -0.15) is 0 Å². The van der Waals surface area contributed by atoms with Gasteiger partial charge in [-0.1, -0.05) is 25.4 Å². The SMILES string of the molecule is Cc1c(Cl)nc(C(C)C)nc1NCCOCCO. The van der Waals surface area contributed by atoms with Crippen molar-refractivity contribution in [1.82, 2.24) is 9.97 Å². The molecule has 1 aromatic heterocycles. The van der Waals surface area contributed by atoms with Gasteiger partial charge < -0.3 is 15.2 Å². The van der Waals surface area contributed by atoms with Crippen LogP contribution in [0.5, 0.6) is 0 Å². The number of nitrogens with zero attached hydrogens (tertiary/aromatic N) is 2. The van der Waals surface area contributed by atoms with Crippen molar-refractivity contribution in [2.45, 2.75) is 26.7 Å². The molecule has 0 atom stereocenters. The van der Waals surface area contributed by atoms with Crippen molar-refractivity contribution in [2.24, 2.45) is 0 Å². The first-order chi connectivity index (χ1) is 8.56. The molecule has 5 nitrogen and oxygen atoms in total. The van der Waals surface area contributed by atoms with Crippen LogP contribution in [0, 0.1) is 6.92 Å². The molecule has 0 aliphatic carbocycles. The fourth-order valence-electron chi connectivity index (χ4n) is 1.34. The van der Waals surface area contributed by atoms with Crippen LogP contribution in [0.15, 0.2) is 0 Å². The summed E-state index contributed by atoms with van der Waals surface area (Å²) in [5.74, 6) is 1.70. The van der Waals surface area contributed by atoms with Gasteiger partial charge in [0.25, 0.3) is 0 Å². The highest BCUT2D eigenvalue weighted by molar-refractivity contribution is 6.30. The Labute approximate surface area is 113 Å². The molecule has 0 unspecified atom stereocenters. The van der Waals surface area contributed by atoms with Gasteiger partial charge in [-0.3, -0.25) is 0 Å². The first kappa shape index (κ1) is 15.1. The van der Waals surface area contributed by atoms with Crippen LogP contribution in [-0.2, 0) is 4.74 Å². The van der Waals surface area contributed by atoms with Crippen LogP contribution < -0.4 is 5.32 Å². The zero-order chi connectivity index (χ0) is 13.5. The van der Waals surface area contributed by atoms with Crippen molar-refractivity contribution < 1.29 is 9.84 Å². The molecule has 1 rings (SSSR count). The van der Waals surface area contributed by atoms with Crippen molar-refractivity contribution >= 4 is 17.4 Å². The fourth-order valence-corrected chi connectivity index (χ4v) is 1.52. The summed E-state index contributed by atoms with van der Waals surface area (Å²) in [6.07, 6.45) is 0. The molecule has 0 bridgehead atoms. The molecule has 0 amide bonds. The van der Waals surface area contributed by atoms with Crippen molar-refractivity contribution in [3.8, 4) is 0 Å². The lowest BCUT2D eigenvalue weighted by Crippen LogP contribution is -2.14. The Morgan fingerprint density at radius 3 is 2.67 bits per heavy atom. The van der Waals surface area contributed by atoms with E-state index >= 15 is 0 Å². The van der Waals surface area contributed by atoms with E-state index in [4.69, 9.17) is 21.4 Å². The van der Waals surface area contributed by atoms with Crippen LogP contribution in [0.25, 0.3) is 0 Å². The van der Waals surface area contributed by atoms with E-state index in [1.165, 1.54) is 0 Å². The molecule has 18 heavy (non-hydrogen) atoms. The minimum Gasteiger partial charge on any atom is -0.394 e. The normalized spacial score (nSPS) is 11.0. The lowest BCUT2D eigenvalue weighted by Gasteiger charge is -2.12. The Morgan fingerprint density at radius 2 is 2.06 bits per heavy atom. The summed E-state index contributed by atoms with van der Waals surface area (Å²) in [6, 6.07) is 0. The van der Waals surface area contributed by atoms with E-state index in [1.807, 2.05) is 20.8 Å². The Morgan fingerprint density at radius 1 is 1.33 bits per heavy atom. The van der Waals surface area contributed by atoms with E-state index in [0.29, 0.717) is 24.9 Å². The largest absolute Gasteiger partial charge is 0.394 e. The van der Waals surface area contributed by atoms with Crippen LogP contribution in [-0.4, -0.2) is 41.4 Å². The second-order valence-electron chi connectivity index (χ2n) is 4.26. The van der Waals surface area contributed by atoms with Gasteiger partial charge >= 0.3 is 0 Å². The van der Waals surface area contributed by atoms with Gasteiger partial charge in [-0.05, 0) is 6.92 Å². The molecule has 0 spiro atoms. The predicted octanol–water partition coefficient (Wildman–Crippen LogP) is 1.98. The number of aromatic nitrogens is 2. The Balaban J connectivity index is 2.63. The summed E-state index contributed by atoms with van der Waals surface area (Å²) in [5, 5.41) is 12.2. The van der Waals surface area contributed by atoms with Crippen LogP contribution in [0.1, 0.15) is 31.2 Å². The quantitative estimate of drug-likeness (QED) is 0.587. The number of halogens is 1. The Kier molecular flexibility index (Phi) is 6.32. The lowest BCUT2D eigenvalue weighted by atomic mass is 10.2. The molecular weight excluding hydrogens is 254 g/mol. The highest BCUT2D eigenvalue weighted by atomic mass is 35.5. The average Bonchev–Trinajstić information content (AvgIpc) is 2.33. The fraction of sp³-hybridized carbons (Fsp3) is 0.667. The number of anilines is 1. The van der Waals surface area contributed by atoms with Gasteiger partial charge in [-0.25, -0.2) is 9.97 Å². The summed E-state index contributed by atoms with van der Waals surface area (Å²) in [4.78, 5) is 8.68. The predicted molar refractivity (Wildman–Crippen MR) is 72.3 cm³/mol. The third-order valence-electron chi connectivity index (χ3n) is 2.39. The van der Waals surface area contributed by atoms with Crippen molar-refractivity contribution in [3.63, 3.8) is 0 Å². The number of aliphatic hydroxyl groups excluding tert-OH is 1. The molecule has 102 valence electrons. The molecule has 2 N–H and O–H groups in total. The molecule has 0 aliphatic heterocycles. The highest BCUT2D eigenvalue weighted by Gasteiger charge is 2.11. The topological polar surface area (TPSA) is 67.3 Å². The van der Waals surface area contributed by atoms with Gasteiger partial charge in [0.1, 0.15) is 16.8 Å². The molecule has 6 heteroatoms. The number of hydrogen-bond acceptors (Lipinski definition) is 5. The van der Waals surface area contributed by atoms with Crippen molar-refractivity contribution in [1.29, 1.82) is 0 Å². The van der Waals surface area contributed by atoms with Crippen molar-refractivity contribution in [3.05, 3.63) is 16.5 Å². The van der Waals surface area contributed by atoms with E-state index in [2.05, 4.69) is 15.3 Å². The smallest absolute Gasteiger partial charge is 0.137 e. The average molecular weight is 274 g/mol. The molecule has 1 aromatic rings. The zero-order valence-electron chi connectivity index (χ0n) is 11.0. The number of aliphatic hydroxyl groups is 1. The maximum absolute atomic E-state index is 8.58. The molecule has 0 fully saturated rings. The van der Waals surface area contributed by atoms with Crippen LogP contribution in [0.2, 0.25) is 5.15 Å². The van der Waals surface area contributed by atoms with Crippen LogP contribution >= 0.6 is 11.6 Å². The first-order valence-corrected chi connectivity index (χ1v) is 6.40. The molecule has 0 saturated carbocycles. The van der Waals surface area contributed by atoms with Crippen LogP contribution in [0.4, 0.5) is 5.82 Å². The number of nitrogens with one attached hydrogen (secondary N) is 1. The second-order valence-corrected chi connectivity index (χ2v) is 4.62. The van der Waals surface area contributed by atoms with Crippen molar-refractivity contribution in [2.75, 3.05) is 31.7 Å². The minimum absolute atomic E-state index is 0.0376. The number of rotatable bonds is 7. The van der Waals surface area contributed by atoms with Gasteiger partial charge in [0, 0.05) is 18.0 Å². The standard InChI is InChI=1S/C12H20ClN3O2/c1-8(2)11-15-10(13)9(3)12(16-11)14-4-6-18-7-5-17/h8,17H,4-7H2,1-3H3,(H,14,15,16). The number of hydrogen-bond donors (Lipinski definition) is 2. The van der Waals surface area contributed by atoms with E-state index in [9.17, 15) is 0 Å². The molecule has 1 heterocycles. The lowest BCUT2D eigenvalue weighted by molar-refractivity contribution is 0.0992. The second kappa shape index (κ2) is 7.51. The van der Waals surface area contributed by atoms with Gasteiger partial charge in [0.15, 0.2) is 0 Å². The Hall–Kier alpha value is -0.910. The number of ether oxygens (including phenoxy) is 1. The third kappa shape index (κ3) is 4.40.